The van der Waals surface area contributed by atoms with Gasteiger partial charge in [0.05, 0.1) is 10.0 Å². The predicted molar refractivity (Wildman–Crippen MR) is 135 cm³/mol. The number of furan rings is 1. The fraction of sp³-hybridized carbons (Fsp3) is 0.333. The SMILES string of the molecule is C/C=C(CC)\C(=C/C)C(F)(F)F.C=O.Cc1cc(Br)c(-c2ccnc3[nH]ccc23)o1.NCCN. The smallest absolute Gasteiger partial charge is 0.416 e. The fourth-order valence-electron chi connectivity index (χ4n) is 2.91. The van der Waals surface area contributed by atoms with E-state index in [0.29, 0.717) is 25.1 Å². The molecule has 0 saturated carbocycles. The Balaban J connectivity index is 0.000000538. The van der Waals surface area contributed by atoms with Crippen LogP contribution in [0.5, 0.6) is 0 Å². The lowest BCUT2D eigenvalue weighted by Crippen LogP contribution is -2.13. The highest BCUT2D eigenvalue weighted by Crippen LogP contribution is 2.35. The van der Waals surface area contributed by atoms with E-state index < -0.39 is 11.7 Å². The minimum absolute atomic E-state index is 0.352. The molecule has 0 saturated heterocycles. The van der Waals surface area contributed by atoms with E-state index in [1.807, 2.05) is 38.1 Å². The number of nitrogens with one attached hydrogen (secondary N) is 1. The van der Waals surface area contributed by atoms with Crippen molar-refractivity contribution in [3.63, 3.8) is 0 Å². The summed E-state index contributed by atoms with van der Waals surface area (Å²) >= 11 is 3.50. The van der Waals surface area contributed by atoms with Crippen LogP contribution in [0.4, 0.5) is 13.2 Å². The summed E-state index contributed by atoms with van der Waals surface area (Å²) in [6, 6.07) is 5.93. The summed E-state index contributed by atoms with van der Waals surface area (Å²) in [7, 11) is 0. The van der Waals surface area contributed by atoms with Gasteiger partial charge in [-0.25, -0.2) is 4.98 Å². The van der Waals surface area contributed by atoms with E-state index in [1.54, 1.807) is 20.0 Å². The molecule has 5 N–H and O–H groups in total. The van der Waals surface area contributed by atoms with Gasteiger partial charge in [0.1, 0.15) is 24.0 Å². The number of carbonyl (C=O) groups excluding carboxylic acids is 1. The lowest BCUT2D eigenvalue weighted by atomic mass is 10.0. The number of hydrogen-bond donors (Lipinski definition) is 3. The molecule has 34 heavy (non-hydrogen) atoms. The lowest BCUT2D eigenvalue weighted by molar-refractivity contribution is -0.0980. The topological polar surface area (TPSA) is 111 Å². The van der Waals surface area contributed by atoms with Gasteiger partial charge < -0.3 is 25.7 Å². The number of hydrogen-bond acceptors (Lipinski definition) is 5. The van der Waals surface area contributed by atoms with E-state index in [4.69, 9.17) is 20.7 Å². The molecule has 0 bridgehead atoms. The van der Waals surface area contributed by atoms with Crippen LogP contribution in [0.1, 0.15) is 33.0 Å². The Labute approximate surface area is 206 Å². The van der Waals surface area contributed by atoms with E-state index in [9.17, 15) is 13.2 Å². The second kappa shape index (κ2) is 16.0. The van der Waals surface area contributed by atoms with Crippen LogP contribution in [-0.4, -0.2) is 36.0 Å². The Morgan fingerprint density at radius 2 is 1.82 bits per heavy atom. The first-order valence-electron chi connectivity index (χ1n) is 10.4. The quantitative estimate of drug-likeness (QED) is 0.326. The van der Waals surface area contributed by atoms with Gasteiger partial charge in [-0.15, -0.1) is 0 Å². The van der Waals surface area contributed by atoms with E-state index >= 15 is 0 Å². The standard InChI is InChI=1S/C12H9BrN2O.C9H13F3.C2H8N2.CH2O/c1-7-6-10(13)11(16-7)8-2-4-14-12-9(8)3-5-15-12;1-4-7(5-2)8(6-3)9(10,11)12;3-1-2-4;1-2/h2-6H,1H3,(H,14,15);4,6H,5H2,1-3H3;1-4H2;1H2/b;7-4-,8-6+;;. The molecule has 0 aliphatic heterocycles. The number of nitrogens with two attached hydrogens (primary N) is 2. The summed E-state index contributed by atoms with van der Waals surface area (Å²) in [6.45, 7) is 9.87. The fourth-order valence-corrected chi connectivity index (χ4v) is 3.52. The Morgan fingerprint density at radius 1 is 1.21 bits per heavy atom. The normalized spacial score (nSPS) is 11.6. The van der Waals surface area contributed by atoms with E-state index in [1.165, 1.54) is 13.0 Å². The zero-order valence-corrected chi connectivity index (χ0v) is 21.4. The van der Waals surface area contributed by atoms with Crippen LogP contribution >= 0.6 is 15.9 Å². The molecule has 188 valence electrons. The van der Waals surface area contributed by atoms with E-state index in [2.05, 4.69) is 25.9 Å². The number of aromatic amines is 1. The molecule has 0 aliphatic carbocycles. The summed E-state index contributed by atoms with van der Waals surface area (Å²) in [6.07, 6.45) is 2.47. The number of nitrogens with zero attached hydrogens (tertiary/aromatic N) is 1. The van der Waals surface area contributed by atoms with Gasteiger partial charge in [0.15, 0.2) is 0 Å². The monoisotopic (exact) mass is 544 g/mol. The van der Waals surface area contributed by atoms with Gasteiger partial charge in [-0.05, 0) is 66.9 Å². The summed E-state index contributed by atoms with van der Waals surface area (Å²) in [5.41, 5.74) is 11.6. The third kappa shape index (κ3) is 9.28. The number of pyridine rings is 1. The largest absolute Gasteiger partial charge is 0.460 e. The molecule has 0 aliphatic rings. The minimum Gasteiger partial charge on any atom is -0.460 e. The first-order chi connectivity index (χ1) is 16.1. The minimum atomic E-state index is -4.22. The van der Waals surface area contributed by atoms with Crippen LogP contribution in [0.3, 0.4) is 0 Å². The molecule has 0 aromatic carbocycles. The van der Waals surface area contributed by atoms with E-state index in [-0.39, 0.29) is 0 Å². The van der Waals surface area contributed by atoms with Gasteiger partial charge in [0, 0.05) is 36.4 Å². The second-order valence-corrected chi connectivity index (χ2v) is 7.43. The molecule has 0 radical (unpaired) electrons. The summed E-state index contributed by atoms with van der Waals surface area (Å²) < 4.78 is 43.4. The van der Waals surface area contributed by atoms with Gasteiger partial charge in [-0.1, -0.05) is 19.1 Å². The van der Waals surface area contributed by atoms with Crippen LogP contribution in [-0.2, 0) is 4.79 Å². The third-order valence-electron chi connectivity index (χ3n) is 4.35. The van der Waals surface area contributed by atoms with Gasteiger partial charge >= 0.3 is 6.18 Å². The van der Waals surface area contributed by atoms with Crippen molar-refractivity contribution in [3.05, 3.63) is 64.1 Å². The average Bonchev–Trinajstić information content (AvgIpc) is 3.44. The Morgan fingerprint density at radius 3 is 2.21 bits per heavy atom. The molecule has 3 aromatic heterocycles. The van der Waals surface area contributed by atoms with Crippen molar-refractivity contribution in [2.75, 3.05) is 13.1 Å². The van der Waals surface area contributed by atoms with Crippen molar-refractivity contribution in [2.45, 2.75) is 40.3 Å². The van der Waals surface area contributed by atoms with Gasteiger partial charge in [0.2, 0.25) is 0 Å². The highest BCUT2D eigenvalue weighted by atomic mass is 79.9. The number of carbonyl (C=O) groups is 1. The van der Waals surface area contributed by atoms with E-state index in [0.717, 1.165) is 38.7 Å². The van der Waals surface area contributed by atoms with Crippen LogP contribution in [0.15, 0.2) is 62.8 Å². The molecule has 0 unspecified atom stereocenters. The molecule has 10 heteroatoms. The molecule has 0 amide bonds. The van der Waals surface area contributed by atoms with Crippen molar-refractivity contribution in [2.24, 2.45) is 11.5 Å². The average molecular weight is 545 g/mol. The van der Waals surface area contributed by atoms with Gasteiger partial charge in [-0.2, -0.15) is 13.2 Å². The molecule has 0 atom stereocenters. The molecule has 3 rings (SSSR count). The summed E-state index contributed by atoms with van der Waals surface area (Å²) in [5.74, 6) is 1.74. The van der Waals surface area contributed by atoms with Crippen molar-refractivity contribution in [1.82, 2.24) is 9.97 Å². The molecule has 0 spiro atoms. The summed E-state index contributed by atoms with van der Waals surface area (Å²) in [4.78, 5) is 15.3. The van der Waals surface area contributed by atoms with Crippen molar-refractivity contribution in [3.8, 4) is 11.3 Å². The molecule has 3 aromatic rings. The highest BCUT2D eigenvalue weighted by molar-refractivity contribution is 9.10. The zero-order valence-electron chi connectivity index (χ0n) is 19.8. The Bertz CT molecular complexity index is 1050. The maximum absolute atomic E-state index is 12.2. The molecular weight excluding hydrogens is 513 g/mol. The third-order valence-corrected chi connectivity index (χ3v) is 4.94. The van der Waals surface area contributed by atoms with Gasteiger partial charge in [-0.3, -0.25) is 0 Å². The molecular formula is C24H32BrF3N4O2. The van der Waals surface area contributed by atoms with Crippen LogP contribution in [0.25, 0.3) is 22.4 Å². The predicted octanol–water partition coefficient (Wildman–Crippen LogP) is 6.46. The van der Waals surface area contributed by atoms with Gasteiger partial charge in [0.25, 0.3) is 0 Å². The number of rotatable bonds is 4. The van der Waals surface area contributed by atoms with Crippen molar-refractivity contribution >= 4 is 33.8 Å². The highest BCUT2D eigenvalue weighted by Gasteiger charge is 2.34. The first kappa shape index (κ1) is 31.3. The van der Waals surface area contributed by atoms with Crippen molar-refractivity contribution in [1.29, 1.82) is 0 Å². The Kier molecular flexibility index (Phi) is 14.8. The molecule has 0 fully saturated rings. The molecule has 3 heterocycles. The number of H-pyrrole nitrogens is 1. The number of halogens is 4. The maximum Gasteiger partial charge on any atom is 0.416 e. The van der Waals surface area contributed by atoms with Crippen LogP contribution in [0.2, 0.25) is 0 Å². The first-order valence-corrected chi connectivity index (χ1v) is 11.2. The number of allylic oxidation sites excluding steroid dienone is 4. The number of alkyl halides is 3. The number of aromatic nitrogens is 2. The zero-order chi connectivity index (χ0) is 26.3. The second-order valence-electron chi connectivity index (χ2n) is 6.58. The number of aryl methyl sites for hydroxylation is 1. The number of fused-ring (bicyclic) bond motifs is 1. The Hall–Kier alpha value is -2.69. The molecule has 6 nitrogen and oxygen atoms in total. The van der Waals surface area contributed by atoms with Crippen LogP contribution < -0.4 is 11.5 Å². The lowest BCUT2D eigenvalue weighted by Gasteiger charge is -2.12. The van der Waals surface area contributed by atoms with Crippen LogP contribution in [0, 0.1) is 6.92 Å². The maximum atomic E-state index is 12.2. The van der Waals surface area contributed by atoms with Crippen molar-refractivity contribution < 1.29 is 22.4 Å². The summed E-state index contributed by atoms with van der Waals surface area (Å²) in [5, 5.41) is 1.07.